The molecule has 1 aliphatic heterocycles. The number of hydrogen-bond donors (Lipinski definition) is 2. The van der Waals surface area contributed by atoms with Crippen molar-refractivity contribution < 1.29 is 9.59 Å². The molecular formula is C19H27Cl2N3O2. The van der Waals surface area contributed by atoms with Crippen LogP contribution in [0.1, 0.15) is 39.0 Å². The zero-order valence-corrected chi connectivity index (χ0v) is 16.7. The van der Waals surface area contributed by atoms with Gasteiger partial charge in [0.15, 0.2) is 0 Å². The van der Waals surface area contributed by atoms with Gasteiger partial charge in [0.25, 0.3) is 0 Å². The van der Waals surface area contributed by atoms with Crippen LogP contribution < -0.4 is 10.6 Å². The van der Waals surface area contributed by atoms with Gasteiger partial charge < -0.3 is 10.6 Å². The van der Waals surface area contributed by atoms with E-state index in [0.717, 1.165) is 51.7 Å². The highest BCUT2D eigenvalue weighted by atomic mass is 35.5. The monoisotopic (exact) mass is 399 g/mol. The van der Waals surface area contributed by atoms with Gasteiger partial charge in [-0.1, -0.05) is 43.0 Å². The first-order valence-electron chi connectivity index (χ1n) is 9.24. The molecule has 1 fully saturated rings. The van der Waals surface area contributed by atoms with Crippen molar-refractivity contribution in [2.75, 3.05) is 31.5 Å². The number of unbranched alkanes of at least 4 members (excludes halogenated alkanes) is 2. The van der Waals surface area contributed by atoms with Crippen molar-refractivity contribution in [2.24, 2.45) is 5.92 Å². The molecule has 1 heterocycles. The number of piperidine rings is 1. The molecule has 1 aliphatic rings. The lowest BCUT2D eigenvalue weighted by Gasteiger charge is -2.30. The minimum atomic E-state index is -0.128. The van der Waals surface area contributed by atoms with E-state index in [1.165, 1.54) is 0 Å². The maximum Gasteiger partial charge on any atom is 0.238 e. The van der Waals surface area contributed by atoms with Crippen molar-refractivity contribution in [1.29, 1.82) is 0 Å². The van der Waals surface area contributed by atoms with E-state index in [-0.39, 0.29) is 24.3 Å². The zero-order valence-electron chi connectivity index (χ0n) is 15.2. The molecule has 1 aromatic rings. The molecule has 0 spiro atoms. The van der Waals surface area contributed by atoms with Gasteiger partial charge in [-0.05, 0) is 50.6 Å². The zero-order chi connectivity index (χ0) is 18.9. The second-order valence-corrected chi connectivity index (χ2v) is 7.56. The molecule has 0 saturated carbocycles. The fourth-order valence-corrected chi connectivity index (χ4v) is 3.41. The van der Waals surface area contributed by atoms with E-state index in [1.54, 1.807) is 18.2 Å². The van der Waals surface area contributed by atoms with Gasteiger partial charge in [0, 0.05) is 17.5 Å². The second kappa shape index (κ2) is 10.8. The first kappa shape index (κ1) is 21.0. The Labute approximate surface area is 165 Å². The topological polar surface area (TPSA) is 61.4 Å². The summed E-state index contributed by atoms with van der Waals surface area (Å²) in [5, 5.41) is 6.80. The van der Waals surface area contributed by atoms with Crippen molar-refractivity contribution in [3.63, 3.8) is 0 Å². The summed E-state index contributed by atoms with van der Waals surface area (Å²) in [5.74, 6) is 0.0749. The summed E-state index contributed by atoms with van der Waals surface area (Å²) in [5.41, 5.74) is 0.519. The summed E-state index contributed by atoms with van der Waals surface area (Å²) in [4.78, 5) is 26.5. The molecule has 7 heteroatoms. The summed E-state index contributed by atoms with van der Waals surface area (Å²) in [7, 11) is 0. The summed E-state index contributed by atoms with van der Waals surface area (Å²) >= 11 is 12.0. The number of halogens is 2. The predicted molar refractivity (Wildman–Crippen MR) is 107 cm³/mol. The first-order chi connectivity index (χ1) is 12.5. The minimum Gasteiger partial charge on any atom is -0.356 e. The average Bonchev–Trinajstić information content (AvgIpc) is 2.62. The van der Waals surface area contributed by atoms with Crippen LogP contribution in [0.25, 0.3) is 0 Å². The molecule has 0 radical (unpaired) electrons. The Morgan fingerprint density at radius 1 is 1.19 bits per heavy atom. The normalized spacial score (nSPS) is 15.7. The van der Waals surface area contributed by atoms with E-state index < -0.39 is 0 Å². The van der Waals surface area contributed by atoms with Gasteiger partial charge in [0.05, 0.1) is 17.3 Å². The lowest BCUT2D eigenvalue weighted by molar-refractivity contribution is -0.126. The molecule has 1 saturated heterocycles. The SMILES string of the molecule is CCCCCNC(=O)C1CCN(CC(=O)Nc2cc(Cl)ccc2Cl)CC1. The number of anilines is 1. The van der Waals surface area contributed by atoms with Gasteiger partial charge in [-0.3, -0.25) is 14.5 Å². The Morgan fingerprint density at radius 2 is 1.92 bits per heavy atom. The van der Waals surface area contributed by atoms with Gasteiger partial charge in [0.2, 0.25) is 11.8 Å². The Hall–Kier alpha value is -1.30. The maximum atomic E-state index is 12.2. The highest BCUT2D eigenvalue weighted by Crippen LogP contribution is 2.25. The van der Waals surface area contributed by atoms with Crippen LogP contribution >= 0.6 is 23.2 Å². The number of benzene rings is 1. The molecule has 144 valence electrons. The van der Waals surface area contributed by atoms with Crippen LogP contribution in [0.2, 0.25) is 10.0 Å². The van der Waals surface area contributed by atoms with Crippen LogP contribution in [0.15, 0.2) is 18.2 Å². The molecule has 0 aliphatic carbocycles. The Morgan fingerprint density at radius 3 is 2.62 bits per heavy atom. The number of likely N-dealkylation sites (tertiary alicyclic amines) is 1. The summed E-state index contributed by atoms with van der Waals surface area (Å²) in [6, 6.07) is 4.97. The molecule has 2 rings (SSSR count). The molecule has 5 nitrogen and oxygen atoms in total. The van der Waals surface area contributed by atoms with Crippen LogP contribution in [-0.2, 0) is 9.59 Å². The van der Waals surface area contributed by atoms with Gasteiger partial charge in [-0.25, -0.2) is 0 Å². The largest absolute Gasteiger partial charge is 0.356 e. The second-order valence-electron chi connectivity index (χ2n) is 6.72. The average molecular weight is 400 g/mol. The predicted octanol–water partition coefficient (Wildman–Crippen LogP) is 3.95. The third-order valence-corrected chi connectivity index (χ3v) is 5.17. The lowest BCUT2D eigenvalue weighted by Crippen LogP contribution is -2.43. The van der Waals surface area contributed by atoms with Crippen LogP contribution in [0.4, 0.5) is 5.69 Å². The molecule has 0 atom stereocenters. The summed E-state index contributed by atoms with van der Waals surface area (Å²) < 4.78 is 0. The van der Waals surface area contributed by atoms with E-state index in [1.807, 2.05) is 0 Å². The number of nitrogens with one attached hydrogen (secondary N) is 2. The number of nitrogens with zero attached hydrogens (tertiary/aromatic N) is 1. The number of hydrogen-bond acceptors (Lipinski definition) is 3. The third-order valence-electron chi connectivity index (χ3n) is 4.61. The fourth-order valence-electron chi connectivity index (χ4n) is 3.07. The fraction of sp³-hybridized carbons (Fsp3) is 0.579. The molecule has 0 unspecified atom stereocenters. The smallest absolute Gasteiger partial charge is 0.238 e. The standard InChI is InChI=1S/C19H27Cl2N3O2/c1-2-3-4-9-22-19(26)14-7-10-24(11-8-14)13-18(25)23-17-12-15(20)5-6-16(17)21/h5-6,12,14H,2-4,7-11,13H2,1H3,(H,22,26)(H,23,25). The van der Waals surface area contributed by atoms with E-state index in [0.29, 0.717) is 15.7 Å². The van der Waals surface area contributed by atoms with E-state index in [4.69, 9.17) is 23.2 Å². The molecule has 1 aromatic carbocycles. The lowest BCUT2D eigenvalue weighted by atomic mass is 9.96. The van der Waals surface area contributed by atoms with Crippen molar-refractivity contribution in [1.82, 2.24) is 10.2 Å². The van der Waals surface area contributed by atoms with Crippen LogP contribution in [-0.4, -0.2) is 42.9 Å². The molecule has 26 heavy (non-hydrogen) atoms. The Kier molecular flexibility index (Phi) is 8.69. The first-order valence-corrected chi connectivity index (χ1v) is 10.00. The van der Waals surface area contributed by atoms with Gasteiger partial charge in [-0.2, -0.15) is 0 Å². The summed E-state index contributed by atoms with van der Waals surface area (Å²) in [6.45, 7) is 4.67. The number of carbonyl (C=O) groups is 2. The molecule has 2 N–H and O–H groups in total. The number of carbonyl (C=O) groups excluding carboxylic acids is 2. The molecule has 0 aromatic heterocycles. The highest BCUT2D eigenvalue weighted by molar-refractivity contribution is 6.35. The van der Waals surface area contributed by atoms with Crippen LogP contribution in [0.3, 0.4) is 0 Å². The molecular weight excluding hydrogens is 373 g/mol. The van der Waals surface area contributed by atoms with Crippen LogP contribution in [0, 0.1) is 5.92 Å². The maximum absolute atomic E-state index is 12.2. The third kappa shape index (κ3) is 6.78. The summed E-state index contributed by atoms with van der Waals surface area (Å²) in [6.07, 6.45) is 4.89. The van der Waals surface area contributed by atoms with Crippen LogP contribution in [0.5, 0.6) is 0 Å². The minimum absolute atomic E-state index is 0.0540. The van der Waals surface area contributed by atoms with E-state index in [2.05, 4.69) is 22.5 Å². The molecule has 2 amide bonds. The quantitative estimate of drug-likeness (QED) is 0.650. The van der Waals surface area contributed by atoms with Crippen molar-refractivity contribution in [2.45, 2.75) is 39.0 Å². The van der Waals surface area contributed by atoms with Gasteiger partial charge in [0.1, 0.15) is 0 Å². The Bertz CT molecular complexity index is 617. The van der Waals surface area contributed by atoms with Crippen molar-refractivity contribution >= 4 is 40.7 Å². The van der Waals surface area contributed by atoms with Crippen molar-refractivity contribution in [3.05, 3.63) is 28.2 Å². The number of amides is 2. The van der Waals surface area contributed by atoms with Gasteiger partial charge >= 0.3 is 0 Å². The van der Waals surface area contributed by atoms with Gasteiger partial charge in [-0.15, -0.1) is 0 Å². The van der Waals surface area contributed by atoms with Crippen molar-refractivity contribution in [3.8, 4) is 0 Å². The van der Waals surface area contributed by atoms with E-state index >= 15 is 0 Å². The highest BCUT2D eigenvalue weighted by Gasteiger charge is 2.25. The number of rotatable bonds is 8. The molecule has 0 bridgehead atoms. The van der Waals surface area contributed by atoms with E-state index in [9.17, 15) is 9.59 Å². The Balaban J connectivity index is 1.71.